The molecule has 0 aromatic carbocycles. The summed E-state index contributed by atoms with van der Waals surface area (Å²) in [5.74, 6) is 0.304. The van der Waals surface area contributed by atoms with Crippen LogP contribution in [-0.4, -0.2) is 54.3 Å². The summed E-state index contributed by atoms with van der Waals surface area (Å²) in [6, 6.07) is 4.58. The minimum Gasteiger partial charge on any atom is -0.301 e. The Morgan fingerprint density at radius 2 is 2.10 bits per heavy atom. The zero-order chi connectivity index (χ0) is 14.4. The number of thiophene rings is 1. The van der Waals surface area contributed by atoms with E-state index in [2.05, 4.69) is 23.6 Å². The summed E-state index contributed by atoms with van der Waals surface area (Å²) in [4.78, 5) is 17.9. The van der Waals surface area contributed by atoms with Gasteiger partial charge in [-0.25, -0.2) is 0 Å². The van der Waals surface area contributed by atoms with Crippen LogP contribution in [0.1, 0.15) is 42.8 Å². The third-order valence-electron chi connectivity index (χ3n) is 4.30. The molecule has 112 valence electrons. The molecule has 0 bridgehead atoms. The molecule has 1 unspecified atom stereocenters. The van der Waals surface area contributed by atoms with Gasteiger partial charge in [-0.15, -0.1) is 11.3 Å². The van der Waals surface area contributed by atoms with Crippen molar-refractivity contribution >= 4 is 17.1 Å². The predicted octanol–water partition coefficient (Wildman–Crippen LogP) is 3.13. The number of carbonyl (C=O) groups is 1. The van der Waals surface area contributed by atoms with Crippen LogP contribution in [0.2, 0.25) is 0 Å². The number of hydrogen-bond acceptors (Lipinski definition) is 4. The van der Waals surface area contributed by atoms with E-state index < -0.39 is 0 Å². The molecule has 0 radical (unpaired) electrons. The lowest BCUT2D eigenvalue weighted by Crippen LogP contribution is -2.49. The van der Waals surface area contributed by atoms with Crippen molar-refractivity contribution in [2.45, 2.75) is 39.2 Å². The van der Waals surface area contributed by atoms with Gasteiger partial charge in [-0.05, 0) is 37.8 Å². The van der Waals surface area contributed by atoms with E-state index in [1.54, 1.807) is 11.3 Å². The second-order valence-corrected chi connectivity index (χ2v) is 6.59. The molecule has 0 aliphatic carbocycles. The fourth-order valence-corrected chi connectivity index (χ4v) is 3.40. The molecule has 2 heterocycles. The summed E-state index contributed by atoms with van der Waals surface area (Å²) in [5, 5.41) is 1.97. The van der Waals surface area contributed by atoms with Gasteiger partial charge in [0, 0.05) is 38.6 Å². The molecule has 4 heteroatoms. The van der Waals surface area contributed by atoms with E-state index in [0.29, 0.717) is 18.2 Å². The molecule has 3 nitrogen and oxygen atoms in total. The summed E-state index contributed by atoms with van der Waals surface area (Å²) in [6.07, 6.45) is 2.90. The molecule has 0 spiro atoms. The zero-order valence-corrected chi connectivity index (χ0v) is 13.5. The van der Waals surface area contributed by atoms with Gasteiger partial charge in [-0.2, -0.15) is 0 Å². The summed E-state index contributed by atoms with van der Waals surface area (Å²) < 4.78 is 0. The molecule has 0 amide bonds. The minimum atomic E-state index is 0.304. The fraction of sp³-hybridized carbons (Fsp3) is 0.688. The van der Waals surface area contributed by atoms with E-state index in [0.717, 1.165) is 30.9 Å². The highest BCUT2D eigenvalue weighted by Gasteiger charge is 2.19. The average molecular weight is 294 g/mol. The Morgan fingerprint density at radius 3 is 2.70 bits per heavy atom. The van der Waals surface area contributed by atoms with Crippen molar-refractivity contribution in [2.75, 3.05) is 32.7 Å². The molecule has 20 heavy (non-hydrogen) atoms. The van der Waals surface area contributed by atoms with E-state index in [4.69, 9.17) is 0 Å². The third kappa shape index (κ3) is 4.40. The van der Waals surface area contributed by atoms with Crippen LogP contribution >= 0.6 is 11.3 Å². The molecule has 1 saturated heterocycles. The van der Waals surface area contributed by atoms with Gasteiger partial charge in [0.25, 0.3) is 0 Å². The summed E-state index contributed by atoms with van der Waals surface area (Å²) >= 11 is 1.55. The molecule has 1 aliphatic heterocycles. The van der Waals surface area contributed by atoms with Crippen molar-refractivity contribution in [2.24, 2.45) is 0 Å². The van der Waals surface area contributed by atoms with Crippen LogP contribution < -0.4 is 0 Å². The number of Topliss-reactive ketones (excluding diaryl/α,β-unsaturated/α-hetero) is 1. The van der Waals surface area contributed by atoms with Gasteiger partial charge >= 0.3 is 0 Å². The lowest BCUT2D eigenvalue weighted by molar-refractivity contribution is 0.0922. The molecule has 2 rings (SSSR count). The van der Waals surface area contributed by atoms with Gasteiger partial charge in [0.1, 0.15) is 0 Å². The summed E-state index contributed by atoms with van der Waals surface area (Å²) in [5.41, 5.74) is 0. The second kappa shape index (κ2) is 7.91. The normalized spacial score (nSPS) is 19.1. The first-order chi connectivity index (χ1) is 9.70. The Labute approximate surface area is 126 Å². The van der Waals surface area contributed by atoms with E-state index in [-0.39, 0.29) is 0 Å². The van der Waals surface area contributed by atoms with Crippen LogP contribution in [0.5, 0.6) is 0 Å². The quantitative estimate of drug-likeness (QED) is 0.722. The first-order valence-corrected chi connectivity index (χ1v) is 8.61. The predicted molar refractivity (Wildman–Crippen MR) is 85.6 cm³/mol. The van der Waals surface area contributed by atoms with Crippen LogP contribution in [0.15, 0.2) is 17.5 Å². The van der Waals surface area contributed by atoms with Crippen LogP contribution in [0.3, 0.4) is 0 Å². The lowest BCUT2D eigenvalue weighted by Gasteiger charge is -2.37. The number of rotatable bonds is 7. The highest BCUT2D eigenvalue weighted by molar-refractivity contribution is 7.12. The van der Waals surface area contributed by atoms with Crippen molar-refractivity contribution in [1.82, 2.24) is 9.80 Å². The molecular weight excluding hydrogens is 268 g/mol. The molecule has 0 N–H and O–H groups in total. The standard InChI is InChI=1S/C16H26N2OS/c1-3-14(2)18-11-9-17(10-12-18)8-4-6-15(19)16-7-5-13-20-16/h5,7,13-14H,3-4,6,8-12H2,1-2H3. The van der Waals surface area contributed by atoms with Gasteiger partial charge in [0.05, 0.1) is 4.88 Å². The third-order valence-corrected chi connectivity index (χ3v) is 5.21. The Kier molecular flexibility index (Phi) is 6.20. The zero-order valence-electron chi connectivity index (χ0n) is 12.7. The Bertz CT molecular complexity index is 397. The Balaban J connectivity index is 1.63. The van der Waals surface area contributed by atoms with Crippen molar-refractivity contribution in [3.63, 3.8) is 0 Å². The molecular formula is C16H26N2OS. The van der Waals surface area contributed by atoms with Crippen molar-refractivity contribution in [3.8, 4) is 0 Å². The van der Waals surface area contributed by atoms with E-state index >= 15 is 0 Å². The maximum Gasteiger partial charge on any atom is 0.172 e. The molecule has 1 fully saturated rings. The molecule has 0 saturated carbocycles. The SMILES string of the molecule is CCC(C)N1CCN(CCCC(=O)c2cccs2)CC1. The lowest BCUT2D eigenvalue weighted by atomic mass is 10.1. The maximum atomic E-state index is 11.9. The summed E-state index contributed by atoms with van der Waals surface area (Å²) in [7, 11) is 0. The molecule has 1 aromatic heterocycles. The number of nitrogens with zero attached hydrogens (tertiary/aromatic N) is 2. The number of piperazine rings is 1. The van der Waals surface area contributed by atoms with Gasteiger partial charge in [0.15, 0.2) is 5.78 Å². The fourth-order valence-electron chi connectivity index (χ4n) is 2.71. The number of carbonyl (C=O) groups excluding carboxylic acids is 1. The topological polar surface area (TPSA) is 23.6 Å². The number of ketones is 1. The van der Waals surface area contributed by atoms with E-state index in [1.807, 2.05) is 17.5 Å². The van der Waals surface area contributed by atoms with E-state index in [1.165, 1.54) is 19.5 Å². The first-order valence-electron chi connectivity index (χ1n) is 7.73. The van der Waals surface area contributed by atoms with Gasteiger partial charge in [-0.3, -0.25) is 9.69 Å². The van der Waals surface area contributed by atoms with Crippen molar-refractivity contribution in [1.29, 1.82) is 0 Å². The maximum absolute atomic E-state index is 11.9. The van der Waals surface area contributed by atoms with Crippen LogP contribution in [0, 0.1) is 0 Å². The minimum absolute atomic E-state index is 0.304. The average Bonchev–Trinajstić information content (AvgIpc) is 3.01. The molecule has 1 aromatic rings. The second-order valence-electron chi connectivity index (χ2n) is 5.64. The molecule has 1 atom stereocenters. The van der Waals surface area contributed by atoms with Crippen molar-refractivity contribution in [3.05, 3.63) is 22.4 Å². The highest BCUT2D eigenvalue weighted by Crippen LogP contribution is 2.13. The van der Waals surface area contributed by atoms with Crippen molar-refractivity contribution < 1.29 is 4.79 Å². The Morgan fingerprint density at radius 1 is 1.35 bits per heavy atom. The first kappa shape index (κ1) is 15.7. The summed E-state index contributed by atoms with van der Waals surface area (Å²) in [6.45, 7) is 10.3. The Hall–Kier alpha value is -0.710. The number of hydrogen-bond donors (Lipinski definition) is 0. The monoisotopic (exact) mass is 294 g/mol. The van der Waals surface area contributed by atoms with Gasteiger partial charge in [0.2, 0.25) is 0 Å². The molecule has 1 aliphatic rings. The van der Waals surface area contributed by atoms with Gasteiger partial charge < -0.3 is 4.90 Å². The highest BCUT2D eigenvalue weighted by atomic mass is 32.1. The van der Waals surface area contributed by atoms with Gasteiger partial charge in [-0.1, -0.05) is 13.0 Å². The van der Waals surface area contributed by atoms with E-state index in [9.17, 15) is 4.79 Å². The van der Waals surface area contributed by atoms with Crippen LogP contribution in [0.4, 0.5) is 0 Å². The van der Waals surface area contributed by atoms with Crippen LogP contribution in [0.25, 0.3) is 0 Å². The smallest absolute Gasteiger partial charge is 0.172 e. The van der Waals surface area contributed by atoms with Crippen LogP contribution in [-0.2, 0) is 0 Å². The largest absolute Gasteiger partial charge is 0.301 e.